The molecule has 0 radical (unpaired) electrons. The van der Waals surface area contributed by atoms with Gasteiger partial charge in [-0.2, -0.15) is 5.10 Å². The number of hydrogen-bond acceptors (Lipinski definition) is 2. The van der Waals surface area contributed by atoms with E-state index >= 15 is 0 Å². The summed E-state index contributed by atoms with van der Waals surface area (Å²) in [5.74, 6) is 0.418. The molecule has 3 nitrogen and oxygen atoms in total. The highest BCUT2D eigenvalue weighted by molar-refractivity contribution is 6.03. The number of rotatable bonds is 3. The maximum absolute atomic E-state index is 6.21. The van der Waals surface area contributed by atoms with Crippen LogP contribution in [0.4, 0.5) is 0 Å². The van der Waals surface area contributed by atoms with E-state index in [4.69, 9.17) is 5.73 Å². The van der Waals surface area contributed by atoms with Crippen molar-refractivity contribution in [2.45, 2.75) is 13.3 Å². The highest BCUT2D eigenvalue weighted by Gasteiger charge is 2.18. The molecule has 0 unspecified atom stereocenters. The van der Waals surface area contributed by atoms with E-state index < -0.39 is 0 Å². The van der Waals surface area contributed by atoms with Crippen LogP contribution in [-0.2, 0) is 6.42 Å². The van der Waals surface area contributed by atoms with Gasteiger partial charge < -0.3 is 5.73 Å². The smallest absolute Gasteiger partial charge is 0.153 e. The molecule has 0 bridgehead atoms. The fraction of sp³-hybridized carbons (Fsp3) is 0.0769. The Labute approximate surface area is 170 Å². The third-order valence-electron chi connectivity index (χ3n) is 5.57. The molecule has 0 atom stereocenters. The topological polar surface area (TPSA) is 50.7 Å². The number of amidine groups is 1. The fourth-order valence-corrected chi connectivity index (χ4v) is 3.94. The average molecular weight is 375 g/mol. The molecule has 0 amide bonds. The molecular formula is C26H21N3. The van der Waals surface area contributed by atoms with E-state index in [0.717, 1.165) is 28.6 Å². The molecule has 29 heavy (non-hydrogen) atoms. The van der Waals surface area contributed by atoms with Crippen molar-refractivity contribution in [3.63, 3.8) is 0 Å². The van der Waals surface area contributed by atoms with Gasteiger partial charge in [-0.25, -0.2) is 0 Å². The zero-order valence-electron chi connectivity index (χ0n) is 16.3. The predicted molar refractivity (Wildman–Crippen MR) is 122 cm³/mol. The van der Waals surface area contributed by atoms with Crippen LogP contribution in [0.15, 0.2) is 95.1 Å². The maximum atomic E-state index is 6.21. The van der Waals surface area contributed by atoms with E-state index in [0.29, 0.717) is 5.84 Å². The molecule has 0 spiro atoms. The minimum absolute atomic E-state index is 0.418. The summed E-state index contributed by atoms with van der Waals surface area (Å²) in [6, 6.07) is 29.4. The van der Waals surface area contributed by atoms with Crippen molar-refractivity contribution in [1.82, 2.24) is 0 Å². The van der Waals surface area contributed by atoms with Gasteiger partial charge in [-0.15, -0.1) is 5.10 Å². The zero-order chi connectivity index (χ0) is 19.8. The molecule has 1 aliphatic carbocycles. The summed E-state index contributed by atoms with van der Waals surface area (Å²) in [5, 5.41) is 11.0. The van der Waals surface area contributed by atoms with E-state index in [1.165, 1.54) is 27.6 Å². The Bertz CT molecular complexity index is 1300. The summed E-state index contributed by atoms with van der Waals surface area (Å²) >= 11 is 0. The second-order valence-electron chi connectivity index (χ2n) is 7.44. The Morgan fingerprint density at radius 3 is 2.31 bits per heavy atom. The van der Waals surface area contributed by atoms with Gasteiger partial charge in [-0.1, -0.05) is 72.8 Å². The van der Waals surface area contributed by atoms with Crippen LogP contribution in [-0.4, -0.2) is 11.5 Å². The number of nitrogens with two attached hydrogens (primary N) is 1. The van der Waals surface area contributed by atoms with E-state index in [2.05, 4.69) is 70.9 Å². The van der Waals surface area contributed by atoms with E-state index in [1.807, 2.05) is 31.2 Å². The van der Waals surface area contributed by atoms with Crippen LogP contribution in [0.3, 0.4) is 0 Å². The summed E-state index contributed by atoms with van der Waals surface area (Å²) in [6.45, 7) is 1.97. The SMILES string of the molecule is C/C(=N\N=C(N)c1ccc2ccccc2c1)c1ccc2c(c1)-c1ccccc1C2. The fourth-order valence-electron chi connectivity index (χ4n) is 3.94. The molecule has 0 aliphatic heterocycles. The van der Waals surface area contributed by atoms with Crippen molar-refractivity contribution in [1.29, 1.82) is 0 Å². The lowest BCUT2D eigenvalue weighted by Crippen LogP contribution is -2.12. The van der Waals surface area contributed by atoms with Gasteiger partial charge in [0.15, 0.2) is 5.84 Å². The van der Waals surface area contributed by atoms with Crippen molar-refractivity contribution in [2.75, 3.05) is 0 Å². The Morgan fingerprint density at radius 1 is 0.690 bits per heavy atom. The second-order valence-corrected chi connectivity index (χ2v) is 7.44. The molecule has 3 heteroatoms. The third kappa shape index (κ3) is 3.21. The molecule has 0 fully saturated rings. The van der Waals surface area contributed by atoms with Crippen LogP contribution in [0, 0.1) is 0 Å². The van der Waals surface area contributed by atoms with Crippen LogP contribution in [0.2, 0.25) is 0 Å². The summed E-state index contributed by atoms with van der Waals surface area (Å²) in [4.78, 5) is 0. The molecule has 0 saturated heterocycles. The first-order chi connectivity index (χ1) is 14.2. The lowest BCUT2D eigenvalue weighted by atomic mass is 10.0. The first kappa shape index (κ1) is 17.4. The first-order valence-corrected chi connectivity index (χ1v) is 9.77. The van der Waals surface area contributed by atoms with Gasteiger partial charge in [-0.05, 0) is 64.1 Å². The van der Waals surface area contributed by atoms with Gasteiger partial charge in [0.25, 0.3) is 0 Å². The monoisotopic (exact) mass is 375 g/mol. The normalized spacial score (nSPS) is 13.4. The summed E-state index contributed by atoms with van der Waals surface area (Å²) < 4.78 is 0. The van der Waals surface area contributed by atoms with Crippen molar-refractivity contribution in [2.24, 2.45) is 15.9 Å². The molecule has 0 heterocycles. The summed E-state index contributed by atoms with van der Waals surface area (Å²) in [5.41, 5.74) is 14.4. The van der Waals surface area contributed by atoms with E-state index in [-0.39, 0.29) is 0 Å². The Balaban J connectivity index is 1.45. The van der Waals surface area contributed by atoms with Crippen molar-refractivity contribution in [3.8, 4) is 11.1 Å². The molecule has 2 N–H and O–H groups in total. The van der Waals surface area contributed by atoms with E-state index in [9.17, 15) is 0 Å². The van der Waals surface area contributed by atoms with E-state index in [1.54, 1.807) is 0 Å². The van der Waals surface area contributed by atoms with Crippen LogP contribution in [0.25, 0.3) is 21.9 Å². The third-order valence-corrected chi connectivity index (χ3v) is 5.57. The molecule has 140 valence electrons. The maximum Gasteiger partial charge on any atom is 0.153 e. The summed E-state index contributed by atoms with van der Waals surface area (Å²) in [6.07, 6.45) is 0.995. The molecule has 4 aromatic rings. The van der Waals surface area contributed by atoms with Gasteiger partial charge in [0.2, 0.25) is 0 Å². The minimum atomic E-state index is 0.418. The number of hydrogen-bond donors (Lipinski definition) is 1. The Hall–Kier alpha value is -3.72. The predicted octanol–water partition coefficient (Wildman–Crippen LogP) is 5.54. The van der Waals surface area contributed by atoms with Gasteiger partial charge in [0.1, 0.15) is 0 Å². The summed E-state index contributed by atoms with van der Waals surface area (Å²) in [7, 11) is 0. The van der Waals surface area contributed by atoms with Crippen LogP contribution in [0.1, 0.15) is 29.2 Å². The standard InChI is InChI=1S/C26H21N3/c1-17(19-11-12-22-15-21-8-4-5-9-24(21)25(22)16-19)28-29-26(27)23-13-10-18-6-2-3-7-20(18)14-23/h2-14,16H,15H2,1H3,(H2,27,29)/b28-17+. The van der Waals surface area contributed by atoms with Crippen molar-refractivity contribution >= 4 is 22.3 Å². The van der Waals surface area contributed by atoms with Crippen molar-refractivity contribution < 1.29 is 0 Å². The average Bonchev–Trinajstić information content (AvgIpc) is 3.14. The molecule has 0 aromatic heterocycles. The zero-order valence-corrected chi connectivity index (χ0v) is 16.3. The highest BCUT2D eigenvalue weighted by Crippen LogP contribution is 2.36. The van der Waals surface area contributed by atoms with Crippen LogP contribution < -0.4 is 5.73 Å². The van der Waals surface area contributed by atoms with Crippen LogP contribution in [0.5, 0.6) is 0 Å². The van der Waals surface area contributed by atoms with Gasteiger partial charge in [-0.3, -0.25) is 0 Å². The van der Waals surface area contributed by atoms with Crippen molar-refractivity contribution in [3.05, 3.63) is 107 Å². The van der Waals surface area contributed by atoms with Gasteiger partial charge in [0.05, 0.1) is 5.71 Å². The lowest BCUT2D eigenvalue weighted by Gasteiger charge is -2.05. The first-order valence-electron chi connectivity index (χ1n) is 9.77. The number of nitrogens with zero attached hydrogens (tertiary/aromatic N) is 2. The molecule has 1 aliphatic rings. The van der Waals surface area contributed by atoms with Gasteiger partial charge in [0, 0.05) is 5.56 Å². The molecule has 4 aromatic carbocycles. The second kappa shape index (κ2) is 7.02. The quantitative estimate of drug-likeness (QED) is 0.251. The lowest BCUT2D eigenvalue weighted by molar-refractivity contribution is 1.21. The Morgan fingerprint density at radius 2 is 1.41 bits per heavy atom. The number of fused-ring (bicyclic) bond motifs is 4. The highest BCUT2D eigenvalue weighted by atomic mass is 15.2. The minimum Gasteiger partial charge on any atom is -0.382 e. The van der Waals surface area contributed by atoms with Gasteiger partial charge >= 0.3 is 0 Å². The largest absolute Gasteiger partial charge is 0.382 e. The Kier molecular flexibility index (Phi) is 4.21. The molecule has 0 saturated carbocycles. The molecule has 5 rings (SSSR count). The molecular weight excluding hydrogens is 354 g/mol. The van der Waals surface area contributed by atoms with Crippen LogP contribution >= 0.6 is 0 Å². The number of benzene rings is 4.